The third-order valence-electron chi connectivity index (χ3n) is 3.65. The molecule has 0 bridgehead atoms. The van der Waals surface area contributed by atoms with Gasteiger partial charge in [0.05, 0.1) is 17.4 Å². The highest BCUT2D eigenvalue weighted by atomic mass is 32.1. The lowest BCUT2D eigenvalue weighted by molar-refractivity contribution is -0.0530. The number of ether oxygens (including phenoxy) is 1. The minimum absolute atomic E-state index is 0.173. The van der Waals surface area contributed by atoms with Crippen LogP contribution in [0.5, 0.6) is 5.88 Å². The van der Waals surface area contributed by atoms with Crippen molar-refractivity contribution in [1.29, 1.82) is 0 Å². The zero-order valence-electron chi connectivity index (χ0n) is 14.9. The number of halogens is 2. The summed E-state index contributed by atoms with van der Waals surface area (Å²) < 4.78 is 29.1. The van der Waals surface area contributed by atoms with Crippen molar-refractivity contribution < 1.29 is 18.3 Å². The van der Waals surface area contributed by atoms with Crippen molar-refractivity contribution in [3.63, 3.8) is 0 Å². The topological polar surface area (TPSA) is 116 Å². The fraction of sp³-hybridized carbons (Fsp3) is 0.235. The first kappa shape index (κ1) is 19.5. The first-order valence-electron chi connectivity index (χ1n) is 8.03. The van der Waals surface area contributed by atoms with Crippen LogP contribution in [0.3, 0.4) is 0 Å². The second-order valence-electron chi connectivity index (χ2n) is 6.18. The number of hydrogen-bond acceptors (Lipinski definition) is 8. The zero-order chi connectivity index (χ0) is 20.3. The van der Waals surface area contributed by atoms with E-state index in [4.69, 9.17) is 5.73 Å². The maximum Gasteiger partial charge on any atom is 0.388 e. The highest BCUT2D eigenvalue weighted by Crippen LogP contribution is 2.27. The Morgan fingerprint density at radius 1 is 1.21 bits per heavy atom. The van der Waals surface area contributed by atoms with Gasteiger partial charge in [0.1, 0.15) is 9.88 Å². The summed E-state index contributed by atoms with van der Waals surface area (Å²) in [7, 11) is 0. The summed E-state index contributed by atoms with van der Waals surface area (Å²) in [6.45, 7) is 0.660. The average molecular weight is 406 g/mol. The van der Waals surface area contributed by atoms with Crippen molar-refractivity contribution in [2.45, 2.75) is 26.0 Å². The fourth-order valence-electron chi connectivity index (χ4n) is 2.29. The molecule has 0 unspecified atom stereocenters. The van der Waals surface area contributed by atoms with Crippen LogP contribution in [0.2, 0.25) is 0 Å². The predicted octanol–water partition coefficient (Wildman–Crippen LogP) is 3.04. The van der Waals surface area contributed by atoms with Gasteiger partial charge < -0.3 is 15.8 Å². The van der Waals surface area contributed by atoms with Crippen LogP contribution in [-0.4, -0.2) is 32.5 Å². The Balaban J connectivity index is 1.76. The Morgan fingerprint density at radius 2 is 1.93 bits per heavy atom. The van der Waals surface area contributed by atoms with E-state index >= 15 is 0 Å². The summed E-state index contributed by atoms with van der Waals surface area (Å²) in [4.78, 5) is 28.2. The summed E-state index contributed by atoms with van der Waals surface area (Å²) in [5, 5.41) is 3.67. The smallest absolute Gasteiger partial charge is 0.388 e. The van der Waals surface area contributed by atoms with Crippen LogP contribution >= 0.6 is 11.3 Å². The van der Waals surface area contributed by atoms with Crippen LogP contribution < -0.4 is 15.8 Å². The molecule has 0 aliphatic rings. The molecule has 3 aromatic rings. The minimum atomic E-state index is -2.95. The Hall–Kier alpha value is -3.21. The van der Waals surface area contributed by atoms with E-state index in [2.05, 4.69) is 30.0 Å². The van der Waals surface area contributed by atoms with Gasteiger partial charge in [-0.3, -0.25) is 4.79 Å². The van der Waals surface area contributed by atoms with Gasteiger partial charge in [-0.05, 0) is 19.9 Å². The highest BCUT2D eigenvalue weighted by molar-refractivity contribution is 7.16. The highest BCUT2D eigenvalue weighted by Gasteiger charge is 2.24. The molecular weight excluding hydrogens is 390 g/mol. The quantitative estimate of drug-likeness (QED) is 0.619. The van der Waals surface area contributed by atoms with E-state index in [-0.39, 0.29) is 5.88 Å². The number of carbonyl (C=O) groups is 1. The lowest BCUT2D eigenvalue weighted by Gasteiger charge is -2.26. The molecule has 0 fully saturated rings. The monoisotopic (exact) mass is 406 g/mol. The molecule has 0 saturated heterocycles. The third-order valence-corrected chi connectivity index (χ3v) is 4.71. The number of nitrogens with two attached hydrogens (primary N) is 1. The van der Waals surface area contributed by atoms with Crippen LogP contribution in [0, 0.1) is 0 Å². The van der Waals surface area contributed by atoms with Gasteiger partial charge >= 0.3 is 6.61 Å². The molecule has 1 amide bonds. The molecule has 3 aromatic heterocycles. The second kappa shape index (κ2) is 7.80. The van der Waals surface area contributed by atoms with Crippen LogP contribution in [0.15, 0.2) is 36.8 Å². The standard InChI is InChI=1S/C17H16F2N6O2S/c1-17(2,11-4-3-5-12(24-11)27-15(18)19)25-16-22-6-9(7-23-16)14-21-8-10(28-14)13(20)26/h3-8,15H,1-2H3,(H2,20,26)(H,22,23,25). The van der Waals surface area contributed by atoms with Crippen LogP contribution in [0.4, 0.5) is 14.7 Å². The first-order valence-corrected chi connectivity index (χ1v) is 8.85. The maximum absolute atomic E-state index is 12.4. The number of aromatic nitrogens is 4. The summed E-state index contributed by atoms with van der Waals surface area (Å²) in [6, 6.07) is 4.61. The van der Waals surface area contributed by atoms with Gasteiger partial charge in [-0.15, -0.1) is 11.3 Å². The molecule has 0 aliphatic heterocycles. The molecule has 8 nitrogen and oxygen atoms in total. The summed E-state index contributed by atoms with van der Waals surface area (Å²) in [6.07, 6.45) is 4.51. The molecule has 0 atom stereocenters. The van der Waals surface area contributed by atoms with Crippen molar-refractivity contribution in [3.8, 4) is 16.5 Å². The Bertz CT molecular complexity index is 978. The number of carbonyl (C=O) groups excluding carboxylic acids is 1. The van der Waals surface area contributed by atoms with Gasteiger partial charge in [0.2, 0.25) is 11.8 Å². The van der Waals surface area contributed by atoms with E-state index in [9.17, 15) is 13.6 Å². The molecule has 0 radical (unpaired) electrons. The normalized spacial score (nSPS) is 11.5. The van der Waals surface area contributed by atoms with Gasteiger partial charge in [0.25, 0.3) is 5.91 Å². The number of nitrogens with zero attached hydrogens (tertiary/aromatic N) is 4. The molecule has 0 saturated carbocycles. The SMILES string of the molecule is CC(C)(Nc1ncc(-c2ncc(C(N)=O)s2)cn1)c1cccc(OC(F)F)n1. The van der Waals surface area contributed by atoms with Gasteiger partial charge in [-0.1, -0.05) is 6.07 Å². The van der Waals surface area contributed by atoms with E-state index in [0.717, 1.165) is 11.3 Å². The molecule has 11 heteroatoms. The molecule has 146 valence electrons. The van der Waals surface area contributed by atoms with Gasteiger partial charge in [0.15, 0.2) is 0 Å². The van der Waals surface area contributed by atoms with Gasteiger partial charge in [-0.25, -0.2) is 19.9 Å². The van der Waals surface area contributed by atoms with Crippen molar-refractivity contribution in [1.82, 2.24) is 19.9 Å². The van der Waals surface area contributed by atoms with Gasteiger partial charge in [0, 0.05) is 24.0 Å². The molecule has 0 spiro atoms. The molecule has 0 aliphatic carbocycles. The van der Waals surface area contributed by atoms with Crippen LogP contribution in [0.1, 0.15) is 29.2 Å². The number of hydrogen-bond donors (Lipinski definition) is 2. The van der Waals surface area contributed by atoms with E-state index in [0.29, 0.717) is 27.1 Å². The number of nitrogens with one attached hydrogen (secondary N) is 1. The fourth-order valence-corrected chi connectivity index (χ4v) is 3.03. The van der Waals surface area contributed by atoms with E-state index in [1.54, 1.807) is 38.4 Å². The predicted molar refractivity (Wildman–Crippen MR) is 99.2 cm³/mol. The lowest BCUT2D eigenvalue weighted by Crippen LogP contribution is -2.30. The Kier molecular flexibility index (Phi) is 5.45. The molecule has 28 heavy (non-hydrogen) atoms. The molecule has 3 rings (SSSR count). The first-order chi connectivity index (χ1) is 13.2. The van der Waals surface area contributed by atoms with Crippen molar-refractivity contribution >= 4 is 23.2 Å². The number of anilines is 1. The Labute approximate surface area is 162 Å². The van der Waals surface area contributed by atoms with Gasteiger partial charge in [-0.2, -0.15) is 8.78 Å². The minimum Gasteiger partial charge on any atom is -0.417 e. The lowest BCUT2D eigenvalue weighted by atomic mass is 10.0. The van der Waals surface area contributed by atoms with Crippen LogP contribution in [0.25, 0.3) is 10.6 Å². The molecule has 3 heterocycles. The van der Waals surface area contributed by atoms with E-state index < -0.39 is 18.1 Å². The third kappa shape index (κ3) is 4.55. The van der Waals surface area contributed by atoms with E-state index in [1.165, 1.54) is 12.3 Å². The number of primary amides is 1. The number of thiazole rings is 1. The number of alkyl halides is 2. The number of rotatable bonds is 7. The Morgan fingerprint density at radius 3 is 2.54 bits per heavy atom. The molecule has 3 N–H and O–H groups in total. The number of pyridine rings is 1. The van der Waals surface area contributed by atoms with Crippen LogP contribution in [-0.2, 0) is 5.54 Å². The molecular formula is C17H16F2N6O2S. The maximum atomic E-state index is 12.4. The summed E-state index contributed by atoms with van der Waals surface area (Å²) in [5.74, 6) is -0.412. The second-order valence-corrected chi connectivity index (χ2v) is 7.21. The summed E-state index contributed by atoms with van der Waals surface area (Å²) >= 11 is 1.15. The van der Waals surface area contributed by atoms with Crippen molar-refractivity contribution in [2.24, 2.45) is 5.73 Å². The van der Waals surface area contributed by atoms with E-state index in [1.807, 2.05) is 0 Å². The molecule has 0 aromatic carbocycles. The largest absolute Gasteiger partial charge is 0.417 e. The zero-order valence-corrected chi connectivity index (χ0v) is 15.7. The summed E-state index contributed by atoms with van der Waals surface area (Å²) in [5.41, 5.74) is 5.57. The average Bonchev–Trinajstić information content (AvgIpc) is 3.12. The van der Waals surface area contributed by atoms with Crippen molar-refractivity contribution in [2.75, 3.05) is 5.32 Å². The number of amides is 1. The van der Waals surface area contributed by atoms with Crippen molar-refractivity contribution in [3.05, 3.63) is 47.4 Å².